The Bertz CT molecular complexity index is 642. The number of halogens is 1. The third-order valence-corrected chi connectivity index (χ3v) is 3.76. The molecule has 0 radical (unpaired) electrons. The Balaban J connectivity index is 1.83. The maximum absolute atomic E-state index is 6.03. The first-order valence-electron chi connectivity index (χ1n) is 6.97. The predicted octanol–water partition coefficient (Wildman–Crippen LogP) is 2.93. The molecule has 0 saturated heterocycles. The molecule has 0 amide bonds. The lowest BCUT2D eigenvalue weighted by atomic mass is 10.2. The van der Waals surface area contributed by atoms with Crippen LogP contribution in [0.15, 0.2) is 30.3 Å². The first kappa shape index (κ1) is 14.1. The number of anilines is 2. The third kappa shape index (κ3) is 3.43. The molecule has 1 aliphatic rings. The van der Waals surface area contributed by atoms with Crippen molar-refractivity contribution in [3.05, 3.63) is 46.7 Å². The second-order valence-electron chi connectivity index (χ2n) is 5.37. The SMILES string of the molecule is CN(Cc1cccc(Cl)c1)c1cc(NN)nc(C2CC2)n1. The van der Waals surface area contributed by atoms with Crippen LogP contribution in [0, 0.1) is 0 Å². The molecule has 0 bridgehead atoms. The zero-order valence-electron chi connectivity index (χ0n) is 11.9. The van der Waals surface area contributed by atoms with Crippen LogP contribution in [-0.2, 0) is 6.54 Å². The van der Waals surface area contributed by atoms with Crippen LogP contribution in [0.4, 0.5) is 11.6 Å². The maximum Gasteiger partial charge on any atom is 0.145 e. The van der Waals surface area contributed by atoms with Gasteiger partial charge in [0.25, 0.3) is 0 Å². The molecular formula is C15H18ClN5. The van der Waals surface area contributed by atoms with Gasteiger partial charge in [0.15, 0.2) is 0 Å². The van der Waals surface area contributed by atoms with Gasteiger partial charge in [0, 0.05) is 30.6 Å². The van der Waals surface area contributed by atoms with Crippen LogP contribution in [0.5, 0.6) is 0 Å². The summed E-state index contributed by atoms with van der Waals surface area (Å²) >= 11 is 6.03. The zero-order chi connectivity index (χ0) is 14.8. The monoisotopic (exact) mass is 303 g/mol. The van der Waals surface area contributed by atoms with E-state index < -0.39 is 0 Å². The summed E-state index contributed by atoms with van der Waals surface area (Å²) in [4.78, 5) is 11.1. The molecule has 6 heteroatoms. The second-order valence-corrected chi connectivity index (χ2v) is 5.81. The van der Waals surface area contributed by atoms with Crippen molar-refractivity contribution in [2.24, 2.45) is 5.84 Å². The first-order valence-corrected chi connectivity index (χ1v) is 7.34. The molecule has 2 aromatic rings. The summed E-state index contributed by atoms with van der Waals surface area (Å²) in [6, 6.07) is 9.69. The largest absolute Gasteiger partial charge is 0.355 e. The van der Waals surface area contributed by atoms with E-state index in [1.807, 2.05) is 37.4 Å². The summed E-state index contributed by atoms with van der Waals surface area (Å²) in [5, 5.41) is 0.742. The van der Waals surface area contributed by atoms with Gasteiger partial charge in [-0.05, 0) is 30.5 Å². The van der Waals surface area contributed by atoms with Crippen LogP contribution in [-0.4, -0.2) is 17.0 Å². The molecule has 0 atom stereocenters. The van der Waals surface area contributed by atoms with Crippen LogP contribution in [0.3, 0.4) is 0 Å². The summed E-state index contributed by atoms with van der Waals surface area (Å²) in [6.45, 7) is 0.728. The maximum atomic E-state index is 6.03. The van der Waals surface area contributed by atoms with Gasteiger partial charge < -0.3 is 10.3 Å². The molecule has 5 nitrogen and oxygen atoms in total. The molecule has 3 rings (SSSR count). The average Bonchev–Trinajstić information content (AvgIpc) is 3.31. The lowest BCUT2D eigenvalue weighted by Crippen LogP contribution is -2.20. The molecule has 1 aliphatic carbocycles. The van der Waals surface area contributed by atoms with E-state index in [1.54, 1.807) is 0 Å². The summed E-state index contributed by atoms with van der Waals surface area (Å²) in [5.74, 6) is 8.37. The lowest BCUT2D eigenvalue weighted by molar-refractivity contribution is 0.854. The van der Waals surface area contributed by atoms with E-state index in [1.165, 1.54) is 0 Å². The topological polar surface area (TPSA) is 67.1 Å². The molecule has 0 unspecified atom stereocenters. The minimum absolute atomic E-state index is 0.483. The summed E-state index contributed by atoms with van der Waals surface area (Å²) in [5.41, 5.74) is 3.76. The number of aromatic nitrogens is 2. The normalized spacial score (nSPS) is 14.0. The van der Waals surface area contributed by atoms with Crippen LogP contribution < -0.4 is 16.2 Å². The standard InChI is InChI=1S/C15H18ClN5/c1-21(9-10-3-2-4-12(16)7-10)14-8-13(20-17)18-15(19-14)11-5-6-11/h2-4,7-8,11H,5-6,9,17H2,1H3,(H,18,19,20). The Kier molecular flexibility index (Phi) is 3.94. The zero-order valence-corrected chi connectivity index (χ0v) is 12.6. The molecule has 1 saturated carbocycles. The average molecular weight is 304 g/mol. The van der Waals surface area contributed by atoms with Crippen LogP contribution >= 0.6 is 11.6 Å². The van der Waals surface area contributed by atoms with Crippen molar-refractivity contribution in [2.45, 2.75) is 25.3 Å². The molecule has 1 aromatic heterocycles. The number of hydrogen-bond donors (Lipinski definition) is 2. The van der Waals surface area contributed by atoms with Gasteiger partial charge in [-0.15, -0.1) is 0 Å². The van der Waals surface area contributed by atoms with Crippen molar-refractivity contribution < 1.29 is 0 Å². The van der Waals surface area contributed by atoms with Crippen LogP contribution in [0.1, 0.15) is 30.1 Å². The fourth-order valence-corrected chi connectivity index (χ4v) is 2.45. The fraction of sp³-hybridized carbons (Fsp3) is 0.333. The number of nitrogen functional groups attached to an aromatic ring is 1. The quantitative estimate of drug-likeness (QED) is 0.656. The van der Waals surface area contributed by atoms with E-state index in [9.17, 15) is 0 Å². The molecule has 1 heterocycles. The van der Waals surface area contributed by atoms with Crippen molar-refractivity contribution >= 4 is 23.2 Å². The summed E-state index contributed by atoms with van der Waals surface area (Å²) < 4.78 is 0. The van der Waals surface area contributed by atoms with E-state index in [0.29, 0.717) is 11.7 Å². The Hall–Kier alpha value is -1.85. The van der Waals surface area contributed by atoms with E-state index in [4.69, 9.17) is 17.4 Å². The van der Waals surface area contributed by atoms with Crippen LogP contribution in [0.25, 0.3) is 0 Å². The molecule has 1 aromatic carbocycles. The first-order chi connectivity index (χ1) is 10.2. The van der Waals surface area contributed by atoms with E-state index in [-0.39, 0.29) is 0 Å². The Morgan fingerprint density at radius 1 is 1.33 bits per heavy atom. The van der Waals surface area contributed by atoms with Crippen molar-refractivity contribution in [1.82, 2.24) is 9.97 Å². The molecule has 3 N–H and O–H groups in total. The van der Waals surface area contributed by atoms with E-state index in [2.05, 4.69) is 20.3 Å². The number of benzene rings is 1. The highest BCUT2D eigenvalue weighted by Gasteiger charge is 2.27. The number of rotatable bonds is 5. The van der Waals surface area contributed by atoms with Crippen molar-refractivity contribution in [1.29, 1.82) is 0 Å². The minimum Gasteiger partial charge on any atom is -0.355 e. The Morgan fingerprint density at radius 2 is 2.14 bits per heavy atom. The van der Waals surface area contributed by atoms with Gasteiger partial charge in [-0.2, -0.15) is 0 Å². The molecular weight excluding hydrogens is 286 g/mol. The highest BCUT2D eigenvalue weighted by Crippen LogP contribution is 2.39. The second kappa shape index (κ2) is 5.87. The van der Waals surface area contributed by atoms with Gasteiger partial charge in [-0.3, -0.25) is 0 Å². The van der Waals surface area contributed by atoms with Gasteiger partial charge in [-0.25, -0.2) is 15.8 Å². The third-order valence-electron chi connectivity index (χ3n) is 3.52. The van der Waals surface area contributed by atoms with Crippen LogP contribution in [0.2, 0.25) is 5.02 Å². The molecule has 110 valence electrons. The minimum atomic E-state index is 0.483. The number of nitrogens with zero attached hydrogens (tertiary/aromatic N) is 3. The molecule has 21 heavy (non-hydrogen) atoms. The van der Waals surface area contributed by atoms with Crippen molar-refractivity contribution in [3.63, 3.8) is 0 Å². The van der Waals surface area contributed by atoms with Gasteiger partial charge in [-0.1, -0.05) is 23.7 Å². The van der Waals surface area contributed by atoms with Crippen molar-refractivity contribution in [3.8, 4) is 0 Å². The number of hydrazine groups is 1. The Labute approximate surface area is 129 Å². The van der Waals surface area contributed by atoms with Gasteiger partial charge >= 0.3 is 0 Å². The van der Waals surface area contributed by atoms with E-state index >= 15 is 0 Å². The number of hydrogen-bond acceptors (Lipinski definition) is 5. The number of nitrogens with two attached hydrogens (primary N) is 1. The van der Waals surface area contributed by atoms with Gasteiger partial charge in [0.1, 0.15) is 17.5 Å². The smallest absolute Gasteiger partial charge is 0.145 e. The van der Waals surface area contributed by atoms with Gasteiger partial charge in [0.05, 0.1) is 0 Å². The fourth-order valence-electron chi connectivity index (χ4n) is 2.24. The summed E-state index contributed by atoms with van der Waals surface area (Å²) in [6.07, 6.45) is 2.32. The Morgan fingerprint density at radius 3 is 2.81 bits per heavy atom. The predicted molar refractivity (Wildman–Crippen MR) is 85.4 cm³/mol. The molecule has 0 spiro atoms. The lowest BCUT2D eigenvalue weighted by Gasteiger charge is -2.19. The molecule has 0 aliphatic heterocycles. The molecule has 1 fully saturated rings. The van der Waals surface area contributed by atoms with Crippen molar-refractivity contribution in [2.75, 3.05) is 17.4 Å². The summed E-state index contributed by atoms with van der Waals surface area (Å²) in [7, 11) is 2.00. The van der Waals surface area contributed by atoms with Gasteiger partial charge in [0.2, 0.25) is 0 Å². The van der Waals surface area contributed by atoms with E-state index in [0.717, 1.165) is 41.6 Å². The highest BCUT2D eigenvalue weighted by molar-refractivity contribution is 6.30. The highest BCUT2D eigenvalue weighted by atomic mass is 35.5. The number of nitrogens with one attached hydrogen (secondary N) is 1.